The van der Waals surface area contributed by atoms with Crippen LogP contribution >= 0.6 is 0 Å². The SMILES string of the molecule is N#CC(C1CCCC1)C1CCCCO1. The van der Waals surface area contributed by atoms with Crippen molar-refractivity contribution >= 4 is 0 Å². The highest BCUT2D eigenvalue weighted by Crippen LogP contribution is 2.35. The number of hydrogen-bond acceptors (Lipinski definition) is 2. The van der Waals surface area contributed by atoms with Gasteiger partial charge in [0, 0.05) is 6.61 Å². The first kappa shape index (κ1) is 9.98. The Morgan fingerprint density at radius 3 is 2.36 bits per heavy atom. The van der Waals surface area contributed by atoms with E-state index < -0.39 is 0 Å². The Hall–Kier alpha value is -0.550. The van der Waals surface area contributed by atoms with Crippen LogP contribution in [0, 0.1) is 23.2 Å². The van der Waals surface area contributed by atoms with E-state index in [-0.39, 0.29) is 12.0 Å². The molecule has 0 radical (unpaired) electrons. The van der Waals surface area contributed by atoms with Crippen LogP contribution in [0.3, 0.4) is 0 Å². The van der Waals surface area contributed by atoms with Gasteiger partial charge >= 0.3 is 0 Å². The van der Waals surface area contributed by atoms with Gasteiger partial charge in [-0.2, -0.15) is 5.26 Å². The monoisotopic (exact) mass is 193 g/mol. The lowest BCUT2D eigenvalue weighted by molar-refractivity contribution is -0.0203. The van der Waals surface area contributed by atoms with Gasteiger partial charge in [0.15, 0.2) is 0 Å². The quantitative estimate of drug-likeness (QED) is 0.675. The van der Waals surface area contributed by atoms with Gasteiger partial charge in [0.2, 0.25) is 0 Å². The van der Waals surface area contributed by atoms with Crippen molar-refractivity contribution < 1.29 is 4.74 Å². The number of hydrogen-bond donors (Lipinski definition) is 0. The summed E-state index contributed by atoms with van der Waals surface area (Å²) < 4.78 is 5.72. The van der Waals surface area contributed by atoms with Crippen LogP contribution in [0.2, 0.25) is 0 Å². The summed E-state index contributed by atoms with van der Waals surface area (Å²) in [4.78, 5) is 0. The predicted molar refractivity (Wildman–Crippen MR) is 54.7 cm³/mol. The Labute approximate surface area is 86.2 Å². The van der Waals surface area contributed by atoms with E-state index in [1.54, 1.807) is 0 Å². The number of ether oxygens (including phenoxy) is 1. The summed E-state index contributed by atoms with van der Waals surface area (Å²) in [5.41, 5.74) is 0. The molecule has 2 nitrogen and oxygen atoms in total. The largest absolute Gasteiger partial charge is 0.377 e. The van der Waals surface area contributed by atoms with Gasteiger partial charge in [-0.3, -0.25) is 0 Å². The average Bonchev–Trinajstić information content (AvgIpc) is 2.74. The van der Waals surface area contributed by atoms with E-state index in [1.165, 1.54) is 38.5 Å². The van der Waals surface area contributed by atoms with Crippen molar-refractivity contribution in [2.24, 2.45) is 11.8 Å². The van der Waals surface area contributed by atoms with Crippen molar-refractivity contribution in [3.63, 3.8) is 0 Å². The highest BCUT2D eigenvalue weighted by Gasteiger charge is 2.32. The topological polar surface area (TPSA) is 33.0 Å². The summed E-state index contributed by atoms with van der Waals surface area (Å²) in [7, 11) is 0. The summed E-state index contributed by atoms with van der Waals surface area (Å²) in [6.45, 7) is 0.871. The van der Waals surface area contributed by atoms with E-state index in [0.29, 0.717) is 5.92 Å². The van der Waals surface area contributed by atoms with Crippen LogP contribution in [0.5, 0.6) is 0 Å². The van der Waals surface area contributed by atoms with Crippen LogP contribution in [-0.4, -0.2) is 12.7 Å². The third-order valence-corrected chi connectivity index (χ3v) is 3.67. The Balaban J connectivity index is 1.93. The molecule has 0 aromatic heterocycles. The normalized spacial score (nSPS) is 31.2. The zero-order valence-corrected chi connectivity index (χ0v) is 8.74. The minimum absolute atomic E-state index is 0.179. The lowest BCUT2D eigenvalue weighted by Gasteiger charge is -2.29. The van der Waals surface area contributed by atoms with Gasteiger partial charge in [-0.1, -0.05) is 12.8 Å². The molecule has 2 atom stereocenters. The second-order valence-electron chi connectivity index (χ2n) is 4.60. The van der Waals surface area contributed by atoms with Crippen molar-refractivity contribution in [2.45, 2.75) is 51.0 Å². The standard InChI is InChI=1S/C12H19NO/c13-9-11(10-5-1-2-6-10)12-7-3-4-8-14-12/h10-12H,1-8H2. The average molecular weight is 193 g/mol. The molecule has 1 aliphatic carbocycles. The highest BCUT2D eigenvalue weighted by molar-refractivity contribution is 4.95. The molecule has 78 valence electrons. The molecule has 1 heterocycles. The number of nitrogens with zero attached hydrogens (tertiary/aromatic N) is 1. The first-order valence-corrected chi connectivity index (χ1v) is 5.93. The van der Waals surface area contributed by atoms with Crippen LogP contribution in [-0.2, 0) is 4.74 Å². The molecular formula is C12H19NO. The second-order valence-corrected chi connectivity index (χ2v) is 4.60. The molecule has 2 rings (SSSR count). The highest BCUT2D eigenvalue weighted by atomic mass is 16.5. The molecule has 1 saturated heterocycles. The molecule has 14 heavy (non-hydrogen) atoms. The Morgan fingerprint density at radius 1 is 1.07 bits per heavy atom. The zero-order valence-electron chi connectivity index (χ0n) is 8.74. The maximum Gasteiger partial charge on any atom is 0.0753 e. The van der Waals surface area contributed by atoms with Gasteiger partial charge in [0.1, 0.15) is 0 Å². The molecule has 2 heteroatoms. The fraction of sp³-hybridized carbons (Fsp3) is 0.917. The molecule has 0 amide bonds. The van der Waals surface area contributed by atoms with Gasteiger partial charge in [-0.15, -0.1) is 0 Å². The van der Waals surface area contributed by atoms with Gasteiger partial charge in [0.05, 0.1) is 18.1 Å². The van der Waals surface area contributed by atoms with Crippen molar-refractivity contribution in [1.29, 1.82) is 5.26 Å². The lowest BCUT2D eigenvalue weighted by atomic mass is 9.84. The lowest BCUT2D eigenvalue weighted by Crippen LogP contribution is -2.31. The molecule has 0 aromatic rings. The Kier molecular flexibility index (Phi) is 3.42. The zero-order chi connectivity index (χ0) is 9.80. The fourth-order valence-corrected chi connectivity index (χ4v) is 2.86. The fourth-order valence-electron chi connectivity index (χ4n) is 2.86. The van der Waals surface area contributed by atoms with E-state index in [2.05, 4.69) is 6.07 Å². The summed E-state index contributed by atoms with van der Waals surface area (Å²) in [5, 5.41) is 9.21. The minimum atomic E-state index is 0.179. The summed E-state index contributed by atoms with van der Waals surface area (Å²) in [5.74, 6) is 0.806. The first-order valence-electron chi connectivity index (χ1n) is 5.93. The van der Waals surface area contributed by atoms with Crippen LogP contribution in [0.1, 0.15) is 44.9 Å². The maximum absolute atomic E-state index is 9.21. The minimum Gasteiger partial charge on any atom is -0.377 e. The van der Waals surface area contributed by atoms with Crippen LogP contribution < -0.4 is 0 Å². The van der Waals surface area contributed by atoms with Gasteiger partial charge < -0.3 is 4.74 Å². The van der Waals surface area contributed by atoms with E-state index in [9.17, 15) is 5.26 Å². The van der Waals surface area contributed by atoms with Crippen molar-refractivity contribution in [3.8, 4) is 6.07 Å². The molecule has 0 bridgehead atoms. The summed E-state index contributed by atoms with van der Waals surface area (Å²) in [6.07, 6.45) is 8.90. The van der Waals surface area contributed by atoms with Crippen molar-refractivity contribution in [2.75, 3.05) is 6.61 Å². The molecule has 1 aliphatic heterocycles. The number of nitriles is 1. The van der Waals surface area contributed by atoms with E-state index >= 15 is 0 Å². The van der Waals surface area contributed by atoms with Gasteiger partial charge in [0.25, 0.3) is 0 Å². The Morgan fingerprint density at radius 2 is 1.79 bits per heavy atom. The van der Waals surface area contributed by atoms with Gasteiger partial charge in [-0.25, -0.2) is 0 Å². The molecule has 0 N–H and O–H groups in total. The first-order chi connectivity index (χ1) is 6.92. The second kappa shape index (κ2) is 4.79. The van der Waals surface area contributed by atoms with Crippen LogP contribution in [0.25, 0.3) is 0 Å². The summed E-state index contributed by atoms with van der Waals surface area (Å²) >= 11 is 0. The third-order valence-electron chi connectivity index (χ3n) is 3.67. The molecule has 2 aliphatic rings. The molecular weight excluding hydrogens is 174 g/mol. The Bertz CT molecular complexity index is 209. The van der Waals surface area contributed by atoms with E-state index in [4.69, 9.17) is 4.74 Å². The van der Waals surface area contributed by atoms with E-state index in [1.807, 2.05) is 0 Å². The summed E-state index contributed by atoms with van der Waals surface area (Å²) in [6, 6.07) is 2.49. The molecule has 0 aromatic carbocycles. The van der Waals surface area contributed by atoms with Crippen LogP contribution in [0.15, 0.2) is 0 Å². The smallest absolute Gasteiger partial charge is 0.0753 e. The number of rotatable bonds is 2. The predicted octanol–water partition coefficient (Wildman–Crippen LogP) is 2.89. The third kappa shape index (κ3) is 2.09. The van der Waals surface area contributed by atoms with Crippen LogP contribution in [0.4, 0.5) is 0 Å². The molecule has 2 fully saturated rings. The molecule has 1 saturated carbocycles. The van der Waals surface area contributed by atoms with Crippen molar-refractivity contribution in [3.05, 3.63) is 0 Å². The maximum atomic E-state index is 9.21. The van der Waals surface area contributed by atoms with Crippen molar-refractivity contribution in [1.82, 2.24) is 0 Å². The van der Waals surface area contributed by atoms with E-state index in [0.717, 1.165) is 13.0 Å². The molecule has 2 unspecified atom stereocenters. The molecule has 0 spiro atoms. The van der Waals surface area contributed by atoms with Gasteiger partial charge in [-0.05, 0) is 38.0 Å².